The van der Waals surface area contributed by atoms with Crippen molar-refractivity contribution in [2.75, 3.05) is 13.6 Å². The zero-order valence-corrected chi connectivity index (χ0v) is 16.3. The molecule has 2 unspecified atom stereocenters. The van der Waals surface area contributed by atoms with Crippen LogP contribution in [-0.2, 0) is 11.2 Å². The SMILES string of the molecule is CN1C(=O)c2ccccc2C(C(=O)NCCc2ccccn2)C1c1ccccc1. The third-order valence-electron chi connectivity index (χ3n) is 5.41. The van der Waals surface area contributed by atoms with Gasteiger partial charge in [-0.25, -0.2) is 0 Å². The van der Waals surface area contributed by atoms with Gasteiger partial charge in [0.2, 0.25) is 5.91 Å². The highest BCUT2D eigenvalue weighted by molar-refractivity contribution is 6.01. The smallest absolute Gasteiger partial charge is 0.254 e. The third kappa shape index (κ3) is 3.76. The molecule has 3 aromatic rings. The Morgan fingerprint density at radius 1 is 1.00 bits per heavy atom. The lowest BCUT2D eigenvalue weighted by Crippen LogP contribution is -2.46. The molecular formula is C24H23N3O2. The summed E-state index contributed by atoms with van der Waals surface area (Å²) in [6.07, 6.45) is 2.41. The zero-order valence-electron chi connectivity index (χ0n) is 16.3. The average molecular weight is 385 g/mol. The average Bonchev–Trinajstić information content (AvgIpc) is 2.77. The van der Waals surface area contributed by atoms with Gasteiger partial charge in [-0.1, -0.05) is 54.6 Å². The molecule has 29 heavy (non-hydrogen) atoms. The number of hydrogen-bond acceptors (Lipinski definition) is 3. The summed E-state index contributed by atoms with van der Waals surface area (Å²) in [6.45, 7) is 0.494. The first-order valence-corrected chi connectivity index (χ1v) is 9.75. The maximum Gasteiger partial charge on any atom is 0.254 e. The fourth-order valence-corrected chi connectivity index (χ4v) is 3.99. The largest absolute Gasteiger partial charge is 0.355 e. The number of benzene rings is 2. The fourth-order valence-electron chi connectivity index (χ4n) is 3.99. The van der Waals surface area contributed by atoms with E-state index < -0.39 is 5.92 Å². The second-order valence-corrected chi connectivity index (χ2v) is 7.20. The van der Waals surface area contributed by atoms with E-state index in [4.69, 9.17) is 0 Å². The molecule has 1 aromatic heterocycles. The van der Waals surface area contributed by atoms with E-state index in [-0.39, 0.29) is 17.9 Å². The number of hydrogen-bond donors (Lipinski definition) is 1. The molecule has 0 saturated carbocycles. The van der Waals surface area contributed by atoms with E-state index in [1.54, 1.807) is 24.2 Å². The van der Waals surface area contributed by atoms with Crippen molar-refractivity contribution in [3.05, 3.63) is 101 Å². The fraction of sp³-hybridized carbons (Fsp3) is 0.208. The summed E-state index contributed by atoms with van der Waals surface area (Å²) < 4.78 is 0. The molecule has 2 atom stereocenters. The second kappa shape index (κ2) is 8.27. The first-order valence-electron chi connectivity index (χ1n) is 9.75. The van der Waals surface area contributed by atoms with Crippen LogP contribution in [0.1, 0.15) is 39.1 Å². The summed E-state index contributed by atoms with van der Waals surface area (Å²) in [6, 6.07) is 22.5. The first-order chi connectivity index (χ1) is 14.2. The molecule has 0 spiro atoms. The topological polar surface area (TPSA) is 62.3 Å². The second-order valence-electron chi connectivity index (χ2n) is 7.20. The molecule has 2 heterocycles. The minimum absolute atomic E-state index is 0.0630. The van der Waals surface area contributed by atoms with Crippen molar-refractivity contribution < 1.29 is 9.59 Å². The molecule has 5 nitrogen and oxygen atoms in total. The van der Waals surface area contributed by atoms with Crippen molar-refractivity contribution in [3.63, 3.8) is 0 Å². The Hall–Kier alpha value is -3.47. The van der Waals surface area contributed by atoms with Crippen LogP contribution in [0.4, 0.5) is 0 Å². The standard InChI is InChI=1S/C24H23N3O2/c1-27-22(17-9-3-2-4-10-17)21(19-12-5-6-13-20(19)24(27)29)23(28)26-16-14-18-11-7-8-15-25-18/h2-13,15,21-22H,14,16H2,1H3,(H,26,28). The number of nitrogens with zero attached hydrogens (tertiary/aromatic N) is 2. The monoisotopic (exact) mass is 385 g/mol. The van der Waals surface area contributed by atoms with E-state index in [1.165, 1.54) is 0 Å². The number of fused-ring (bicyclic) bond motifs is 1. The van der Waals surface area contributed by atoms with E-state index in [0.717, 1.165) is 16.8 Å². The Morgan fingerprint density at radius 3 is 2.48 bits per heavy atom. The summed E-state index contributed by atoms with van der Waals surface area (Å²) in [5.74, 6) is -0.617. The quantitative estimate of drug-likeness (QED) is 0.733. The Balaban J connectivity index is 1.64. The Labute approximate surface area is 170 Å². The van der Waals surface area contributed by atoms with Crippen LogP contribution in [0, 0.1) is 0 Å². The van der Waals surface area contributed by atoms with Crippen molar-refractivity contribution >= 4 is 11.8 Å². The molecule has 0 saturated heterocycles. The van der Waals surface area contributed by atoms with Gasteiger partial charge in [0.15, 0.2) is 0 Å². The Kier molecular flexibility index (Phi) is 5.38. The van der Waals surface area contributed by atoms with Crippen LogP contribution in [0.25, 0.3) is 0 Å². The summed E-state index contributed by atoms with van der Waals surface area (Å²) in [5.41, 5.74) is 3.25. The maximum absolute atomic E-state index is 13.3. The van der Waals surface area contributed by atoms with Crippen LogP contribution >= 0.6 is 0 Å². The Morgan fingerprint density at radius 2 is 1.72 bits per heavy atom. The van der Waals surface area contributed by atoms with Gasteiger partial charge in [0.1, 0.15) is 0 Å². The highest BCUT2D eigenvalue weighted by atomic mass is 16.2. The number of carbonyl (C=O) groups excluding carboxylic acids is 2. The van der Waals surface area contributed by atoms with Gasteiger partial charge in [-0.2, -0.15) is 0 Å². The number of nitrogens with one attached hydrogen (secondary N) is 1. The van der Waals surface area contributed by atoms with Crippen LogP contribution in [-0.4, -0.2) is 35.3 Å². The van der Waals surface area contributed by atoms with Gasteiger partial charge < -0.3 is 10.2 Å². The molecule has 4 rings (SSSR count). The van der Waals surface area contributed by atoms with Crippen molar-refractivity contribution in [1.29, 1.82) is 0 Å². The van der Waals surface area contributed by atoms with E-state index in [1.807, 2.05) is 66.7 Å². The molecule has 1 N–H and O–H groups in total. The molecule has 2 aromatic carbocycles. The van der Waals surface area contributed by atoms with E-state index >= 15 is 0 Å². The highest BCUT2D eigenvalue weighted by Crippen LogP contribution is 2.41. The molecule has 5 heteroatoms. The lowest BCUT2D eigenvalue weighted by atomic mass is 9.79. The van der Waals surface area contributed by atoms with Crippen LogP contribution < -0.4 is 5.32 Å². The molecule has 0 fully saturated rings. The van der Waals surface area contributed by atoms with E-state index in [2.05, 4.69) is 10.3 Å². The van der Waals surface area contributed by atoms with Gasteiger partial charge in [0.25, 0.3) is 5.91 Å². The molecule has 1 aliphatic heterocycles. The van der Waals surface area contributed by atoms with E-state index in [9.17, 15) is 9.59 Å². The van der Waals surface area contributed by atoms with Crippen LogP contribution in [0.5, 0.6) is 0 Å². The van der Waals surface area contributed by atoms with Gasteiger partial charge in [0.05, 0.1) is 12.0 Å². The Bertz CT molecular complexity index is 1000. The molecule has 0 radical (unpaired) electrons. The predicted molar refractivity (Wildman–Crippen MR) is 111 cm³/mol. The first kappa shape index (κ1) is 18.9. The van der Waals surface area contributed by atoms with Crippen molar-refractivity contribution in [1.82, 2.24) is 15.2 Å². The molecule has 146 valence electrons. The molecule has 2 amide bonds. The van der Waals surface area contributed by atoms with Crippen molar-refractivity contribution in [2.45, 2.75) is 18.4 Å². The molecule has 0 aliphatic carbocycles. The molecular weight excluding hydrogens is 362 g/mol. The van der Waals surface area contributed by atoms with Crippen molar-refractivity contribution in [3.8, 4) is 0 Å². The molecule has 1 aliphatic rings. The highest BCUT2D eigenvalue weighted by Gasteiger charge is 2.42. The van der Waals surface area contributed by atoms with Crippen LogP contribution in [0.15, 0.2) is 79.0 Å². The van der Waals surface area contributed by atoms with Crippen LogP contribution in [0.2, 0.25) is 0 Å². The number of aromatic nitrogens is 1. The normalized spacial score (nSPS) is 18.2. The third-order valence-corrected chi connectivity index (χ3v) is 5.41. The van der Waals surface area contributed by atoms with Gasteiger partial charge in [-0.3, -0.25) is 14.6 Å². The molecule has 0 bridgehead atoms. The lowest BCUT2D eigenvalue weighted by molar-refractivity contribution is -0.124. The summed E-state index contributed by atoms with van der Waals surface area (Å²) >= 11 is 0. The van der Waals surface area contributed by atoms with Gasteiger partial charge in [-0.15, -0.1) is 0 Å². The van der Waals surface area contributed by atoms with Gasteiger partial charge in [-0.05, 0) is 29.3 Å². The zero-order chi connectivity index (χ0) is 20.2. The van der Waals surface area contributed by atoms with Crippen LogP contribution in [0.3, 0.4) is 0 Å². The van der Waals surface area contributed by atoms with Gasteiger partial charge in [0, 0.05) is 37.5 Å². The number of amides is 2. The summed E-state index contributed by atoms with van der Waals surface area (Å²) in [7, 11) is 1.77. The van der Waals surface area contributed by atoms with Gasteiger partial charge >= 0.3 is 0 Å². The predicted octanol–water partition coefficient (Wildman–Crippen LogP) is 3.35. The number of likely N-dealkylation sites (N-methyl/N-ethyl adjacent to an activating group) is 1. The minimum atomic E-state index is -0.472. The number of pyridine rings is 1. The van der Waals surface area contributed by atoms with E-state index in [0.29, 0.717) is 18.5 Å². The number of carbonyl (C=O) groups is 2. The maximum atomic E-state index is 13.3. The minimum Gasteiger partial charge on any atom is -0.355 e. The summed E-state index contributed by atoms with van der Waals surface area (Å²) in [5, 5.41) is 3.06. The van der Waals surface area contributed by atoms with Crippen molar-refractivity contribution in [2.24, 2.45) is 0 Å². The number of rotatable bonds is 5. The summed E-state index contributed by atoms with van der Waals surface area (Å²) in [4.78, 5) is 32.3. The lowest BCUT2D eigenvalue weighted by Gasteiger charge is -2.39.